The number of benzene rings is 1. The second-order valence-corrected chi connectivity index (χ2v) is 5.48. The lowest BCUT2D eigenvalue weighted by Crippen LogP contribution is -2.39. The monoisotopic (exact) mass is 294 g/mol. The maximum Gasteiger partial charge on any atom is 0.322 e. The summed E-state index contributed by atoms with van der Waals surface area (Å²) in [6, 6.07) is 6.43. The molecule has 5 nitrogen and oxygen atoms in total. The molecule has 1 aliphatic heterocycles. The molecule has 1 aromatic rings. The molecule has 1 aromatic carbocycles. The molecule has 1 amide bonds. The first-order valence-corrected chi connectivity index (χ1v) is 6.94. The number of hydrogen-bond acceptors (Lipinski definition) is 3. The van der Waals surface area contributed by atoms with E-state index in [1.165, 1.54) is 6.07 Å². The summed E-state index contributed by atoms with van der Waals surface area (Å²) in [5, 5.41) is 10.9. The first kappa shape index (κ1) is 15.4. The Kier molecular flexibility index (Phi) is 4.90. The van der Waals surface area contributed by atoms with Crippen molar-refractivity contribution in [2.75, 3.05) is 19.6 Å². The van der Waals surface area contributed by atoms with Gasteiger partial charge < -0.3 is 10.4 Å². The standard InChI is InChI=1S/C15H19FN2O3/c1-10-6-13(11-4-2-3-5-12(11)16)18(8-10)9-14(19)17-7-15(20)21/h2-5,10,13H,6-9H2,1H3,(H,17,19)(H,20,21). The molecule has 0 radical (unpaired) electrons. The van der Waals surface area contributed by atoms with Crippen molar-refractivity contribution in [2.24, 2.45) is 5.92 Å². The van der Waals surface area contributed by atoms with Crippen LogP contribution in [-0.2, 0) is 9.59 Å². The van der Waals surface area contributed by atoms with Crippen molar-refractivity contribution >= 4 is 11.9 Å². The molecule has 1 heterocycles. The van der Waals surface area contributed by atoms with E-state index >= 15 is 0 Å². The lowest BCUT2D eigenvalue weighted by molar-refractivity contribution is -0.138. The van der Waals surface area contributed by atoms with Crippen LogP contribution in [0.2, 0.25) is 0 Å². The van der Waals surface area contributed by atoms with E-state index in [0.717, 1.165) is 6.42 Å². The van der Waals surface area contributed by atoms with E-state index in [-0.39, 0.29) is 24.3 Å². The zero-order valence-electron chi connectivity index (χ0n) is 11.9. The largest absolute Gasteiger partial charge is 0.480 e. The zero-order valence-corrected chi connectivity index (χ0v) is 11.9. The number of likely N-dealkylation sites (tertiary alicyclic amines) is 1. The highest BCUT2D eigenvalue weighted by molar-refractivity contribution is 5.82. The maximum absolute atomic E-state index is 13.9. The van der Waals surface area contributed by atoms with E-state index < -0.39 is 12.5 Å². The molecule has 1 aliphatic rings. The van der Waals surface area contributed by atoms with Crippen LogP contribution < -0.4 is 5.32 Å². The highest BCUT2D eigenvalue weighted by atomic mass is 19.1. The van der Waals surface area contributed by atoms with Crippen LogP contribution in [0.5, 0.6) is 0 Å². The van der Waals surface area contributed by atoms with E-state index in [4.69, 9.17) is 5.11 Å². The van der Waals surface area contributed by atoms with Crippen molar-refractivity contribution in [3.63, 3.8) is 0 Å². The molecule has 1 saturated heterocycles. The summed E-state index contributed by atoms with van der Waals surface area (Å²) < 4.78 is 13.9. The molecule has 2 rings (SSSR count). The van der Waals surface area contributed by atoms with Crippen LogP contribution in [0.25, 0.3) is 0 Å². The van der Waals surface area contributed by atoms with E-state index in [0.29, 0.717) is 18.0 Å². The molecule has 0 spiro atoms. The Morgan fingerprint density at radius 1 is 1.43 bits per heavy atom. The lowest BCUT2D eigenvalue weighted by atomic mass is 10.0. The molecule has 0 aromatic heterocycles. The molecule has 0 aliphatic carbocycles. The summed E-state index contributed by atoms with van der Waals surface area (Å²) in [5.74, 6) is -1.34. The smallest absolute Gasteiger partial charge is 0.322 e. The molecule has 114 valence electrons. The summed E-state index contributed by atoms with van der Waals surface area (Å²) in [6.07, 6.45) is 0.785. The van der Waals surface area contributed by atoms with Gasteiger partial charge in [-0.15, -0.1) is 0 Å². The number of carboxylic acid groups (broad SMARTS) is 1. The Hall–Kier alpha value is -1.95. The van der Waals surface area contributed by atoms with Gasteiger partial charge in [-0.2, -0.15) is 0 Å². The molecule has 2 N–H and O–H groups in total. The average Bonchev–Trinajstić information content (AvgIpc) is 2.77. The molecule has 21 heavy (non-hydrogen) atoms. The minimum atomic E-state index is -1.08. The Labute approximate surface area is 122 Å². The summed E-state index contributed by atoms with van der Waals surface area (Å²) >= 11 is 0. The molecule has 2 unspecified atom stereocenters. The van der Waals surface area contributed by atoms with E-state index in [2.05, 4.69) is 12.2 Å². The van der Waals surface area contributed by atoms with E-state index in [9.17, 15) is 14.0 Å². The number of carboxylic acids is 1. The third-order valence-electron chi connectivity index (χ3n) is 3.66. The highest BCUT2D eigenvalue weighted by Crippen LogP contribution is 2.35. The molecule has 0 saturated carbocycles. The Morgan fingerprint density at radius 3 is 2.81 bits per heavy atom. The van der Waals surface area contributed by atoms with Gasteiger partial charge in [-0.1, -0.05) is 25.1 Å². The fraction of sp³-hybridized carbons (Fsp3) is 0.467. The summed E-state index contributed by atoms with van der Waals surface area (Å²) in [7, 11) is 0. The first-order valence-electron chi connectivity index (χ1n) is 6.94. The predicted octanol–water partition coefficient (Wildman–Crippen LogP) is 1.41. The van der Waals surface area contributed by atoms with E-state index in [1.54, 1.807) is 18.2 Å². The number of halogens is 1. The third kappa shape index (κ3) is 4.01. The summed E-state index contributed by atoms with van der Waals surface area (Å²) in [5.41, 5.74) is 0.591. The predicted molar refractivity (Wildman–Crippen MR) is 75.1 cm³/mol. The SMILES string of the molecule is CC1CC(c2ccccc2F)N(CC(=O)NCC(=O)O)C1. The normalized spacial score (nSPS) is 22.2. The fourth-order valence-corrected chi connectivity index (χ4v) is 2.79. The van der Waals surface area contributed by atoms with Crippen molar-refractivity contribution in [3.8, 4) is 0 Å². The number of carbonyl (C=O) groups is 2. The maximum atomic E-state index is 13.9. The van der Waals surface area contributed by atoms with Gasteiger partial charge in [0.25, 0.3) is 0 Å². The van der Waals surface area contributed by atoms with Crippen molar-refractivity contribution in [3.05, 3.63) is 35.6 Å². The number of hydrogen-bond donors (Lipinski definition) is 2. The number of rotatable bonds is 5. The van der Waals surface area contributed by atoms with Gasteiger partial charge in [0.05, 0.1) is 6.54 Å². The van der Waals surface area contributed by atoms with Gasteiger partial charge in [-0.25, -0.2) is 4.39 Å². The van der Waals surface area contributed by atoms with E-state index in [1.807, 2.05) is 4.90 Å². The quantitative estimate of drug-likeness (QED) is 0.861. The van der Waals surface area contributed by atoms with Gasteiger partial charge in [0, 0.05) is 18.2 Å². The van der Waals surface area contributed by atoms with Gasteiger partial charge in [0.2, 0.25) is 5.91 Å². The molecule has 0 bridgehead atoms. The Morgan fingerprint density at radius 2 is 2.14 bits per heavy atom. The molecular weight excluding hydrogens is 275 g/mol. The van der Waals surface area contributed by atoms with Gasteiger partial charge in [-0.3, -0.25) is 14.5 Å². The van der Waals surface area contributed by atoms with Crippen LogP contribution in [0.1, 0.15) is 24.9 Å². The number of amides is 1. The van der Waals surface area contributed by atoms with Gasteiger partial charge >= 0.3 is 5.97 Å². The van der Waals surface area contributed by atoms with Crippen molar-refractivity contribution in [1.29, 1.82) is 0 Å². The van der Waals surface area contributed by atoms with Crippen molar-refractivity contribution < 1.29 is 19.1 Å². The minimum absolute atomic E-state index is 0.0800. The summed E-state index contributed by atoms with van der Waals surface area (Å²) in [6.45, 7) is 2.44. The van der Waals surface area contributed by atoms with Crippen LogP contribution >= 0.6 is 0 Å². The van der Waals surface area contributed by atoms with Crippen LogP contribution in [0.4, 0.5) is 4.39 Å². The van der Waals surface area contributed by atoms with Crippen LogP contribution in [0.3, 0.4) is 0 Å². The highest BCUT2D eigenvalue weighted by Gasteiger charge is 2.33. The average molecular weight is 294 g/mol. The number of carbonyl (C=O) groups excluding carboxylic acids is 1. The number of nitrogens with zero attached hydrogens (tertiary/aromatic N) is 1. The van der Waals surface area contributed by atoms with Gasteiger partial charge in [-0.05, 0) is 18.4 Å². The van der Waals surface area contributed by atoms with Gasteiger partial charge in [0.15, 0.2) is 0 Å². The Balaban J connectivity index is 2.05. The first-order chi connectivity index (χ1) is 9.97. The zero-order chi connectivity index (χ0) is 15.4. The number of aliphatic carboxylic acids is 1. The van der Waals surface area contributed by atoms with Crippen molar-refractivity contribution in [2.45, 2.75) is 19.4 Å². The van der Waals surface area contributed by atoms with Crippen molar-refractivity contribution in [1.82, 2.24) is 10.2 Å². The van der Waals surface area contributed by atoms with Crippen LogP contribution in [0, 0.1) is 11.7 Å². The topological polar surface area (TPSA) is 69.6 Å². The second kappa shape index (κ2) is 6.67. The summed E-state index contributed by atoms with van der Waals surface area (Å²) in [4.78, 5) is 24.1. The lowest BCUT2D eigenvalue weighted by Gasteiger charge is -2.24. The fourth-order valence-electron chi connectivity index (χ4n) is 2.79. The molecular formula is C15H19FN2O3. The van der Waals surface area contributed by atoms with Gasteiger partial charge in [0.1, 0.15) is 12.4 Å². The molecule has 2 atom stereocenters. The minimum Gasteiger partial charge on any atom is -0.480 e. The molecule has 6 heteroatoms. The van der Waals surface area contributed by atoms with Crippen LogP contribution in [-0.4, -0.2) is 41.5 Å². The van der Waals surface area contributed by atoms with Crippen LogP contribution in [0.15, 0.2) is 24.3 Å². The number of nitrogens with one attached hydrogen (secondary N) is 1. The second-order valence-electron chi connectivity index (χ2n) is 5.48. The molecule has 1 fully saturated rings. The third-order valence-corrected chi connectivity index (χ3v) is 3.66. The Bertz CT molecular complexity index is 535.